The molecular weight excluding hydrogens is 340 g/mol. The highest BCUT2D eigenvalue weighted by molar-refractivity contribution is 9.11. The van der Waals surface area contributed by atoms with Crippen molar-refractivity contribution in [1.82, 2.24) is 10.3 Å². The summed E-state index contributed by atoms with van der Waals surface area (Å²) in [5.41, 5.74) is 1.23. The minimum absolute atomic E-state index is 0.470. The third-order valence-corrected chi connectivity index (χ3v) is 5.59. The Labute approximate surface area is 131 Å². The predicted octanol–water partition coefficient (Wildman–Crippen LogP) is 5.26. The van der Waals surface area contributed by atoms with Gasteiger partial charge in [-0.15, -0.1) is 22.7 Å². The Bertz CT molecular complexity index is 543. The number of rotatable bonds is 5. The van der Waals surface area contributed by atoms with Crippen LogP contribution < -0.4 is 5.32 Å². The smallest absolute Gasteiger partial charge is 0.133 e. The predicted molar refractivity (Wildman–Crippen MR) is 89.2 cm³/mol. The van der Waals surface area contributed by atoms with Gasteiger partial charge in [-0.3, -0.25) is 0 Å². The zero-order valence-electron chi connectivity index (χ0n) is 11.7. The summed E-state index contributed by atoms with van der Waals surface area (Å²) in [5.74, 6) is 0.470. The lowest BCUT2D eigenvalue weighted by molar-refractivity contribution is 0.588. The summed E-state index contributed by atoms with van der Waals surface area (Å²) in [6.45, 7) is 9.68. The van der Waals surface area contributed by atoms with E-state index >= 15 is 0 Å². The van der Waals surface area contributed by atoms with E-state index in [-0.39, 0.29) is 0 Å². The molecule has 0 radical (unpaired) electrons. The maximum atomic E-state index is 4.84. The van der Waals surface area contributed by atoms with Crippen LogP contribution in [0.2, 0.25) is 0 Å². The van der Waals surface area contributed by atoms with Crippen LogP contribution in [-0.2, 0) is 6.54 Å². The highest BCUT2D eigenvalue weighted by Gasteiger charge is 2.16. The molecule has 19 heavy (non-hydrogen) atoms. The molecule has 2 heterocycles. The summed E-state index contributed by atoms with van der Waals surface area (Å²) in [4.78, 5) is 7.45. The van der Waals surface area contributed by atoms with Crippen LogP contribution in [0.15, 0.2) is 15.9 Å². The molecule has 0 amide bonds. The molecule has 2 aromatic heterocycles. The first-order valence-corrected chi connectivity index (χ1v) is 8.88. The van der Waals surface area contributed by atoms with E-state index in [1.165, 1.54) is 15.4 Å². The molecule has 0 spiro atoms. The molecule has 0 saturated heterocycles. The number of aromatic nitrogens is 1. The molecule has 2 aromatic rings. The van der Waals surface area contributed by atoms with Crippen LogP contribution in [0.25, 0.3) is 9.88 Å². The van der Waals surface area contributed by atoms with Gasteiger partial charge in [-0.25, -0.2) is 4.98 Å². The number of hydrogen-bond acceptors (Lipinski definition) is 4. The summed E-state index contributed by atoms with van der Waals surface area (Å²) < 4.78 is 1.16. The van der Waals surface area contributed by atoms with E-state index in [0.717, 1.165) is 15.3 Å². The second kappa shape index (κ2) is 6.48. The lowest BCUT2D eigenvalue weighted by Gasteiger charge is -2.09. The zero-order chi connectivity index (χ0) is 14.0. The third-order valence-electron chi connectivity index (χ3n) is 2.73. The van der Waals surface area contributed by atoms with Gasteiger partial charge in [0.15, 0.2) is 0 Å². The first-order valence-electron chi connectivity index (χ1n) is 6.46. The van der Waals surface area contributed by atoms with Crippen molar-refractivity contribution in [1.29, 1.82) is 0 Å². The number of thiophene rings is 1. The molecule has 0 aliphatic heterocycles. The van der Waals surface area contributed by atoms with Crippen LogP contribution in [0.4, 0.5) is 0 Å². The van der Waals surface area contributed by atoms with Crippen molar-refractivity contribution >= 4 is 38.6 Å². The van der Waals surface area contributed by atoms with E-state index in [9.17, 15) is 0 Å². The highest BCUT2D eigenvalue weighted by Crippen LogP contribution is 2.36. The first kappa shape index (κ1) is 15.2. The fraction of sp³-hybridized carbons (Fsp3) is 0.500. The van der Waals surface area contributed by atoms with Crippen molar-refractivity contribution in [3.05, 3.63) is 26.5 Å². The summed E-state index contributed by atoms with van der Waals surface area (Å²) in [6, 6.07) is 4.72. The summed E-state index contributed by atoms with van der Waals surface area (Å²) >= 11 is 7.07. The third kappa shape index (κ3) is 3.88. The molecule has 0 aliphatic carbocycles. The fourth-order valence-electron chi connectivity index (χ4n) is 1.77. The number of hydrogen-bond donors (Lipinski definition) is 1. The Kier molecular flexibility index (Phi) is 5.17. The Morgan fingerprint density at radius 1 is 1.21 bits per heavy atom. The zero-order valence-corrected chi connectivity index (χ0v) is 14.9. The van der Waals surface area contributed by atoms with E-state index in [0.29, 0.717) is 12.0 Å². The first-order chi connectivity index (χ1) is 8.97. The van der Waals surface area contributed by atoms with E-state index in [2.05, 4.69) is 61.1 Å². The average Bonchev–Trinajstić information content (AvgIpc) is 2.92. The standard InChI is InChI=1S/C14H19BrN2S2/c1-8(2)13-11(7-16-9(3)4)19-14(17-13)10-5-6-12(15)18-10/h5-6,8-9,16H,7H2,1-4H3. The van der Waals surface area contributed by atoms with Crippen molar-refractivity contribution in [2.75, 3.05) is 0 Å². The number of thiazole rings is 1. The Morgan fingerprint density at radius 2 is 1.95 bits per heavy atom. The van der Waals surface area contributed by atoms with Gasteiger partial charge in [-0.2, -0.15) is 0 Å². The van der Waals surface area contributed by atoms with Gasteiger partial charge in [0.2, 0.25) is 0 Å². The molecular formula is C14H19BrN2S2. The van der Waals surface area contributed by atoms with Gasteiger partial charge in [0.25, 0.3) is 0 Å². The molecule has 0 unspecified atom stereocenters. The van der Waals surface area contributed by atoms with Gasteiger partial charge >= 0.3 is 0 Å². The summed E-state index contributed by atoms with van der Waals surface area (Å²) in [7, 11) is 0. The molecule has 104 valence electrons. The number of nitrogens with one attached hydrogen (secondary N) is 1. The summed E-state index contributed by atoms with van der Waals surface area (Å²) in [5, 5.41) is 4.63. The molecule has 0 aromatic carbocycles. The molecule has 0 aliphatic rings. The van der Waals surface area contributed by atoms with Crippen LogP contribution in [0, 0.1) is 0 Å². The van der Waals surface area contributed by atoms with Crippen LogP contribution in [0.5, 0.6) is 0 Å². The Balaban J connectivity index is 2.29. The molecule has 2 rings (SSSR count). The van der Waals surface area contributed by atoms with Gasteiger partial charge in [-0.1, -0.05) is 27.7 Å². The topological polar surface area (TPSA) is 24.9 Å². The average molecular weight is 359 g/mol. The van der Waals surface area contributed by atoms with Crippen molar-refractivity contribution in [3.63, 3.8) is 0 Å². The van der Waals surface area contributed by atoms with E-state index in [1.54, 1.807) is 11.3 Å². The van der Waals surface area contributed by atoms with Crippen molar-refractivity contribution < 1.29 is 0 Å². The van der Waals surface area contributed by atoms with Crippen molar-refractivity contribution in [2.24, 2.45) is 0 Å². The molecule has 5 heteroatoms. The van der Waals surface area contributed by atoms with Crippen LogP contribution in [0.1, 0.15) is 44.2 Å². The minimum atomic E-state index is 0.470. The monoisotopic (exact) mass is 358 g/mol. The van der Waals surface area contributed by atoms with Gasteiger partial charge in [0.1, 0.15) is 5.01 Å². The second-order valence-corrected chi connectivity index (χ2v) is 8.67. The number of halogens is 1. The lowest BCUT2D eigenvalue weighted by Crippen LogP contribution is -2.22. The maximum Gasteiger partial charge on any atom is 0.133 e. The Morgan fingerprint density at radius 3 is 2.47 bits per heavy atom. The van der Waals surface area contributed by atoms with Crippen LogP contribution >= 0.6 is 38.6 Å². The maximum absolute atomic E-state index is 4.84. The SMILES string of the molecule is CC(C)NCc1sc(-c2ccc(Br)s2)nc1C(C)C. The largest absolute Gasteiger partial charge is 0.310 e. The molecule has 2 nitrogen and oxygen atoms in total. The van der Waals surface area contributed by atoms with Gasteiger partial charge in [0.05, 0.1) is 14.4 Å². The highest BCUT2D eigenvalue weighted by atomic mass is 79.9. The van der Waals surface area contributed by atoms with Gasteiger partial charge in [-0.05, 0) is 34.0 Å². The van der Waals surface area contributed by atoms with Crippen LogP contribution in [-0.4, -0.2) is 11.0 Å². The second-order valence-electron chi connectivity index (χ2n) is 5.12. The molecule has 1 N–H and O–H groups in total. The lowest BCUT2D eigenvalue weighted by atomic mass is 10.1. The normalized spacial score (nSPS) is 11.7. The van der Waals surface area contributed by atoms with Crippen LogP contribution in [0.3, 0.4) is 0 Å². The molecule has 0 fully saturated rings. The fourth-order valence-corrected chi connectivity index (χ4v) is 4.38. The number of nitrogens with zero attached hydrogens (tertiary/aromatic N) is 1. The van der Waals surface area contributed by atoms with Gasteiger partial charge < -0.3 is 5.32 Å². The van der Waals surface area contributed by atoms with Crippen molar-refractivity contribution in [2.45, 2.75) is 46.2 Å². The quantitative estimate of drug-likeness (QED) is 0.788. The van der Waals surface area contributed by atoms with Crippen molar-refractivity contribution in [3.8, 4) is 9.88 Å². The molecule has 0 bridgehead atoms. The Hall–Kier alpha value is -0.230. The van der Waals surface area contributed by atoms with E-state index < -0.39 is 0 Å². The van der Waals surface area contributed by atoms with Gasteiger partial charge in [0, 0.05) is 17.5 Å². The van der Waals surface area contributed by atoms with E-state index in [4.69, 9.17) is 4.98 Å². The van der Waals surface area contributed by atoms with E-state index in [1.807, 2.05) is 11.3 Å². The molecule has 0 saturated carbocycles. The molecule has 0 atom stereocenters. The minimum Gasteiger partial charge on any atom is -0.310 e. The summed E-state index contributed by atoms with van der Waals surface area (Å²) in [6.07, 6.45) is 0.